The molecule has 0 unspecified atom stereocenters. The van der Waals surface area contributed by atoms with Crippen LogP contribution in [0.5, 0.6) is 5.75 Å². The molecule has 1 aliphatic heterocycles. The second-order valence-electron chi connectivity index (χ2n) is 9.14. The average Bonchev–Trinajstić information content (AvgIpc) is 2.90. The van der Waals surface area contributed by atoms with Gasteiger partial charge in [-0.2, -0.15) is 5.26 Å². The number of anilines is 1. The summed E-state index contributed by atoms with van der Waals surface area (Å²) in [5.74, 6) is -4.85. The smallest absolute Gasteiger partial charge is 0.170 e. The number of piperidine rings is 1. The van der Waals surface area contributed by atoms with Crippen molar-refractivity contribution in [2.45, 2.75) is 18.6 Å². The van der Waals surface area contributed by atoms with Gasteiger partial charge in [-0.05, 0) is 47.9 Å². The Hall–Kier alpha value is -4.20. The van der Waals surface area contributed by atoms with Crippen LogP contribution in [0.25, 0.3) is 33.2 Å². The summed E-state index contributed by atoms with van der Waals surface area (Å²) in [6, 6.07) is 9.69. The van der Waals surface area contributed by atoms with Crippen LogP contribution in [-0.4, -0.2) is 42.4 Å². The van der Waals surface area contributed by atoms with Crippen LogP contribution in [0.2, 0.25) is 0 Å². The van der Waals surface area contributed by atoms with E-state index in [9.17, 15) is 27.9 Å². The van der Waals surface area contributed by atoms with Gasteiger partial charge in [0.2, 0.25) is 0 Å². The fourth-order valence-electron chi connectivity index (χ4n) is 4.95. The van der Waals surface area contributed by atoms with Gasteiger partial charge in [0.05, 0.1) is 28.4 Å². The Bertz CT molecular complexity index is 1580. The van der Waals surface area contributed by atoms with E-state index in [4.69, 9.17) is 10.5 Å². The number of hydrogen-bond donors (Lipinski definition) is 2. The highest BCUT2D eigenvalue weighted by Crippen LogP contribution is 2.42. The number of benzene rings is 3. The molecule has 1 aliphatic rings. The van der Waals surface area contributed by atoms with E-state index in [1.165, 1.54) is 30.5 Å². The summed E-state index contributed by atoms with van der Waals surface area (Å²) >= 11 is 0. The van der Waals surface area contributed by atoms with E-state index >= 15 is 0 Å². The summed E-state index contributed by atoms with van der Waals surface area (Å²) in [6.07, 6.45) is 1.72. The number of nitrogens with two attached hydrogens (primary N) is 1. The number of pyridine rings is 1. The Balaban J connectivity index is 1.80. The summed E-state index contributed by atoms with van der Waals surface area (Å²) in [7, 11) is 1.54. The first kappa shape index (κ1) is 25.4. The van der Waals surface area contributed by atoms with Crippen molar-refractivity contribution in [3.05, 3.63) is 77.5 Å². The minimum absolute atomic E-state index is 0.0890. The molecule has 2 heterocycles. The van der Waals surface area contributed by atoms with Gasteiger partial charge in [0.1, 0.15) is 23.5 Å². The van der Waals surface area contributed by atoms with Crippen LogP contribution >= 0.6 is 0 Å². The molecule has 3 aromatic carbocycles. The van der Waals surface area contributed by atoms with E-state index in [0.717, 1.165) is 6.07 Å². The highest BCUT2D eigenvalue weighted by molar-refractivity contribution is 6.02. The van der Waals surface area contributed by atoms with Crippen molar-refractivity contribution in [2.75, 3.05) is 25.1 Å². The van der Waals surface area contributed by atoms with Crippen LogP contribution in [-0.2, 0) is 4.74 Å². The molecule has 0 spiro atoms. The third-order valence-electron chi connectivity index (χ3n) is 6.84. The van der Waals surface area contributed by atoms with Crippen molar-refractivity contribution in [3.63, 3.8) is 0 Å². The van der Waals surface area contributed by atoms with Crippen molar-refractivity contribution < 1.29 is 27.4 Å². The molecule has 0 radical (unpaired) electrons. The van der Waals surface area contributed by atoms with Crippen LogP contribution in [0.15, 0.2) is 48.7 Å². The van der Waals surface area contributed by atoms with Gasteiger partial charge >= 0.3 is 0 Å². The summed E-state index contributed by atoms with van der Waals surface area (Å²) in [6.45, 7) is 0.831. The molecule has 0 bridgehead atoms. The van der Waals surface area contributed by atoms with E-state index in [2.05, 4.69) is 4.98 Å². The molecule has 4 aromatic rings. The van der Waals surface area contributed by atoms with Crippen molar-refractivity contribution in [2.24, 2.45) is 5.73 Å². The number of ether oxygens (including phenoxy) is 1. The zero-order valence-electron chi connectivity index (χ0n) is 20.2. The fraction of sp³-hybridized carbons (Fsp3) is 0.214. The molecule has 3 N–H and O–H groups in total. The minimum atomic E-state index is -1.32. The first-order valence-corrected chi connectivity index (χ1v) is 11.8. The maximum absolute atomic E-state index is 14.9. The molecular weight excluding hydrogens is 500 g/mol. The van der Waals surface area contributed by atoms with E-state index in [0.29, 0.717) is 47.7 Å². The first-order chi connectivity index (χ1) is 18.2. The number of phenolic OH excluding ortho intramolecular Hbond substituents is 1. The van der Waals surface area contributed by atoms with Crippen molar-refractivity contribution in [3.8, 4) is 34.1 Å². The lowest BCUT2D eigenvalue weighted by Gasteiger charge is -2.38. The van der Waals surface area contributed by atoms with Crippen LogP contribution in [0.4, 0.5) is 23.2 Å². The second kappa shape index (κ2) is 9.93. The largest absolute Gasteiger partial charge is 0.506 e. The highest BCUT2D eigenvalue weighted by atomic mass is 19.2. The molecule has 6 nitrogen and oxygen atoms in total. The maximum atomic E-state index is 14.9. The Labute approximate surface area is 215 Å². The quantitative estimate of drug-likeness (QED) is 0.356. The topological polar surface area (TPSA) is 95.4 Å². The molecule has 1 fully saturated rings. The van der Waals surface area contributed by atoms with E-state index in [1.54, 1.807) is 19.2 Å². The first-order valence-electron chi connectivity index (χ1n) is 11.8. The van der Waals surface area contributed by atoms with Gasteiger partial charge < -0.3 is 20.5 Å². The van der Waals surface area contributed by atoms with Crippen LogP contribution < -0.4 is 10.6 Å². The molecule has 0 saturated carbocycles. The highest BCUT2D eigenvalue weighted by Gasteiger charge is 2.30. The Morgan fingerprint density at radius 2 is 1.82 bits per heavy atom. The predicted octanol–water partition coefficient (Wildman–Crippen LogP) is 5.25. The third-order valence-corrected chi connectivity index (χ3v) is 6.84. The molecule has 1 saturated heterocycles. The molecule has 10 heteroatoms. The lowest BCUT2D eigenvalue weighted by atomic mass is 9.94. The summed E-state index contributed by atoms with van der Waals surface area (Å²) < 4.78 is 63.2. The van der Waals surface area contributed by atoms with Gasteiger partial charge in [0.15, 0.2) is 11.6 Å². The molecular formula is C28H22F4N4O2. The summed E-state index contributed by atoms with van der Waals surface area (Å²) in [4.78, 5) is 6.40. The normalized spacial score (nSPS) is 17.6. The molecule has 38 heavy (non-hydrogen) atoms. The number of aromatic nitrogens is 1. The molecule has 1 aromatic heterocycles. The number of halogens is 4. The minimum Gasteiger partial charge on any atom is -0.506 e. The lowest BCUT2D eigenvalue weighted by molar-refractivity contribution is 0.0731. The van der Waals surface area contributed by atoms with Gasteiger partial charge in [-0.1, -0.05) is 6.07 Å². The number of hydrogen-bond acceptors (Lipinski definition) is 6. The van der Waals surface area contributed by atoms with Gasteiger partial charge in [0.25, 0.3) is 0 Å². The van der Waals surface area contributed by atoms with Crippen molar-refractivity contribution in [1.82, 2.24) is 4.98 Å². The van der Waals surface area contributed by atoms with E-state index in [-0.39, 0.29) is 23.3 Å². The number of nitrogens with zero attached hydrogens (tertiary/aromatic N) is 3. The third kappa shape index (κ3) is 4.40. The number of fused-ring (bicyclic) bond motifs is 1. The number of phenols is 1. The Morgan fingerprint density at radius 3 is 2.50 bits per heavy atom. The molecule has 2 atom stereocenters. The van der Waals surface area contributed by atoms with Crippen LogP contribution in [0.3, 0.4) is 0 Å². The zero-order chi connectivity index (χ0) is 27.1. The molecule has 0 amide bonds. The number of nitriles is 1. The zero-order valence-corrected chi connectivity index (χ0v) is 20.2. The Kier molecular flexibility index (Phi) is 6.65. The SMILES string of the molecule is CO[C@@H]1CN(c2c(-c3cc(F)cc(F)c3)cnc3ccc(-c4c(O)c(C#N)cc(F)c4F)cc23)CC[C@H]1N. The Morgan fingerprint density at radius 1 is 1.08 bits per heavy atom. The second-order valence-corrected chi connectivity index (χ2v) is 9.14. The molecule has 5 rings (SSSR count). The summed E-state index contributed by atoms with van der Waals surface area (Å²) in [5, 5.41) is 20.3. The van der Waals surface area contributed by atoms with Crippen molar-refractivity contribution >= 4 is 16.6 Å². The number of rotatable bonds is 4. The molecule has 194 valence electrons. The van der Waals surface area contributed by atoms with E-state index < -0.39 is 40.1 Å². The van der Waals surface area contributed by atoms with Crippen LogP contribution in [0.1, 0.15) is 12.0 Å². The number of aromatic hydroxyl groups is 1. The summed E-state index contributed by atoms with van der Waals surface area (Å²) in [5.41, 5.74) is 7.03. The lowest BCUT2D eigenvalue weighted by Crippen LogP contribution is -2.51. The predicted molar refractivity (Wildman–Crippen MR) is 134 cm³/mol. The monoisotopic (exact) mass is 522 g/mol. The van der Waals surface area contributed by atoms with Crippen LogP contribution in [0, 0.1) is 34.6 Å². The number of methoxy groups -OCH3 is 1. The van der Waals surface area contributed by atoms with Gasteiger partial charge in [-0.25, -0.2) is 17.6 Å². The van der Waals surface area contributed by atoms with Gasteiger partial charge in [-0.15, -0.1) is 0 Å². The molecule has 0 aliphatic carbocycles. The van der Waals surface area contributed by atoms with Gasteiger partial charge in [-0.3, -0.25) is 4.98 Å². The fourth-order valence-corrected chi connectivity index (χ4v) is 4.95. The standard InChI is InChI=1S/C28H22F4N4O2/c1-38-24-13-36(5-4-22(24)34)27-19-8-14(25-26(32)21(31)9-16(11-33)28(25)37)2-3-23(19)35-12-20(27)15-6-17(29)10-18(30)7-15/h2-3,6-10,12,22,24,37H,4-5,13,34H2,1H3/t22-,24-/m1/s1. The average molecular weight is 523 g/mol. The van der Waals surface area contributed by atoms with Crippen molar-refractivity contribution in [1.29, 1.82) is 5.26 Å². The van der Waals surface area contributed by atoms with Gasteiger partial charge in [0, 0.05) is 49.5 Å². The maximum Gasteiger partial charge on any atom is 0.170 e. The van der Waals surface area contributed by atoms with E-state index in [1.807, 2.05) is 4.90 Å².